The van der Waals surface area contributed by atoms with Crippen LogP contribution < -0.4 is 4.90 Å². The van der Waals surface area contributed by atoms with Crippen LogP contribution in [0.15, 0.2) is 48.6 Å². The number of ether oxygens (including phenoxy) is 2. The van der Waals surface area contributed by atoms with E-state index in [9.17, 15) is 19.5 Å². The van der Waals surface area contributed by atoms with Crippen molar-refractivity contribution in [3.05, 3.63) is 53.6 Å². The Hall–Kier alpha value is -2.68. The Morgan fingerprint density at radius 3 is 2.66 bits per heavy atom. The van der Waals surface area contributed by atoms with Gasteiger partial charge in [0.2, 0.25) is 5.91 Å². The molecule has 0 radical (unpaired) electrons. The Balaban J connectivity index is 1.68. The number of aliphatic hydroxyl groups excluding tert-OH is 1. The number of carbonyl (C=O) groups is 3. The number of hydrogen-bond acceptors (Lipinski definition) is 6. The number of nitrogens with zero attached hydrogens (tertiary/aromatic N) is 2. The first-order valence-corrected chi connectivity index (χ1v) is 12.4. The minimum atomic E-state index is -1.38. The zero-order chi connectivity index (χ0) is 24.9. The molecule has 0 aromatic heterocycles. The van der Waals surface area contributed by atoms with Crippen molar-refractivity contribution >= 4 is 35.1 Å². The standard InChI is InChI=1S/C26H29ClN2O6/c1-15(2)18(14-30)29-22-24(32)28(17-9-4-3-8-16(17)27)12-7-11-26(22)21(23(29)31)20-19(35-26)10-5-6-13-34-25(20)33/h3-5,7-11,15,18-22,30H,6,12-14H2,1-2H3/t18-,19-,20+,21-,22?,26-/m0/s1. The van der Waals surface area contributed by atoms with Crippen molar-refractivity contribution < 1.29 is 29.0 Å². The Bertz CT molecular complexity index is 1100. The van der Waals surface area contributed by atoms with E-state index in [2.05, 4.69) is 0 Å². The van der Waals surface area contributed by atoms with E-state index in [-0.39, 0.29) is 37.5 Å². The SMILES string of the molecule is CC(C)[C@H](CO)N1C(=O)[C@@H]2[C@@H]3C(=O)OCCC=C[C@@H]3O[C@@]23C=CCN(c2ccccc2Cl)C(=O)C13. The molecule has 1 spiro atoms. The molecule has 4 aliphatic heterocycles. The molecule has 1 unspecified atom stereocenters. The van der Waals surface area contributed by atoms with Crippen molar-refractivity contribution in [2.75, 3.05) is 24.7 Å². The monoisotopic (exact) mass is 500 g/mol. The lowest BCUT2D eigenvalue weighted by Crippen LogP contribution is -2.59. The number of likely N-dealkylation sites (tertiary alicyclic amines) is 1. The molecule has 4 aliphatic rings. The summed E-state index contributed by atoms with van der Waals surface area (Å²) < 4.78 is 12.0. The molecule has 6 atom stereocenters. The number of rotatable bonds is 4. The molecule has 1 aromatic carbocycles. The maximum Gasteiger partial charge on any atom is 0.312 e. The number of hydrogen-bond donors (Lipinski definition) is 1. The summed E-state index contributed by atoms with van der Waals surface area (Å²) in [6, 6.07) is 5.30. The maximum atomic E-state index is 14.3. The zero-order valence-electron chi connectivity index (χ0n) is 19.7. The van der Waals surface area contributed by atoms with Gasteiger partial charge in [-0.3, -0.25) is 14.4 Å². The van der Waals surface area contributed by atoms with Crippen LogP contribution in [0.4, 0.5) is 5.69 Å². The quantitative estimate of drug-likeness (QED) is 0.503. The molecule has 4 heterocycles. The minimum absolute atomic E-state index is 0.145. The van der Waals surface area contributed by atoms with E-state index in [1.165, 1.54) is 9.80 Å². The van der Waals surface area contributed by atoms with Crippen LogP contribution in [-0.2, 0) is 23.9 Å². The predicted molar refractivity (Wildman–Crippen MR) is 129 cm³/mol. The molecule has 1 N–H and O–H groups in total. The molecule has 2 amide bonds. The average Bonchev–Trinajstić information content (AvgIpc) is 3.19. The number of aliphatic hydroxyl groups is 1. The van der Waals surface area contributed by atoms with Gasteiger partial charge >= 0.3 is 5.97 Å². The van der Waals surface area contributed by atoms with E-state index in [1.807, 2.05) is 19.9 Å². The Kier molecular flexibility index (Phi) is 6.23. The number of anilines is 1. The van der Waals surface area contributed by atoms with Crippen LogP contribution in [0.1, 0.15) is 20.3 Å². The summed E-state index contributed by atoms with van der Waals surface area (Å²) in [4.78, 5) is 44.4. The third-order valence-corrected chi connectivity index (χ3v) is 7.84. The number of amides is 2. The number of fused-ring (bicyclic) bond motifs is 2. The van der Waals surface area contributed by atoms with E-state index in [1.54, 1.807) is 42.5 Å². The Labute approximate surface area is 209 Å². The highest BCUT2D eigenvalue weighted by Crippen LogP contribution is 2.54. The normalized spacial score (nSPS) is 33.1. The average molecular weight is 501 g/mol. The third kappa shape index (κ3) is 3.61. The fourth-order valence-electron chi connectivity index (χ4n) is 5.91. The first-order valence-electron chi connectivity index (χ1n) is 12.0. The molecular formula is C26H29ClN2O6. The van der Waals surface area contributed by atoms with Crippen LogP contribution >= 0.6 is 11.6 Å². The highest BCUT2D eigenvalue weighted by molar-refractivity contribution is 6.34. The maximum absolute atomic E-state index is 14.3. The molecule has 5 rings (SSSR count). The lowest BCUT2D eigenvalue weighted by molar-refractivity contribution is -0.155. The molecule has 1 aromatic rings. The Morgan fingerprint density at radius 1 is 1.17 bits per heavy atom. The van der Waals surface area contributed by atoms with Gasteiger partial charge in [-0.15, -0.1) is 0 Å². The molecule has 186 valence electrons. The summed E-state index contributed by atoms with van der Waals surface area (Å²) in [6.45, 7) is 3.88. The van der Waals surface area contributed by atoms with Gasteiger partial charge in [0.05, 0.1) is 42.0 Å². The second-order valence-corrected chi connectivity index (χ2v) is 10.2. The van der Waals surface area contributed by atoms with Gasteiger partial charge in [0.25, 0.3) is 5.91 Å². The molecule has 2 saturated heterocycles. The molecule has 0 bridgehead atoms. The second kappa shape index (κ2) is 9.08. The van der Waals surface area contributed by atoms with Crippen LogP contribution in [0.25, 0.3) is 0 Å². The van der Waals surface area contributed by atoms with Gasteiger partial charge in [0.1, 0.15) is 17.6 Å². The predicted octanol–water partition coefficient (Wildman–Crippen LogP) is 2.34. The van der Waals surface area contributed by atoms with Gasteiger partial charge in [-0.05, 0) is 24.5 Å². The van der Waals surface area contributed by atoms with E-state index in [0.29, 0.717) is 17.1 Å². The molecule has 9 heteroatoms. The highest BCUT2D eigenvalue weighted by atomic mass is 35.5. The van der Waals surface area contributed by atoms with Crippen LogP contribution in [0.5, 0.6) is 0 Å². The van der Waals surface area contributed by atoms with Crippen molar-refractivity contribution in [2.24, 2.45) is 17.8 Å². The van der Waals surface area contributed by atoms with Crippen molar-refractivity contribution in [1.29, 1.82) is 0 Å². The summed E-state index contributed by atoms with van der Waals surface area (Å²) in [5.41, 5.74) is -0.861. The number of cyclic esters (lactones) is 1. The lowest BCUT2D eigenvalue weighted by Gasteiger charge is -2.40. The summed E-state index contributed by atoms with van der Waals surface area (Å²) in [7, 11) is 0. The van der Waals surface area contributed by atoms with Gasteiger partial charge < -0.3 is 24.4 Å². The van der Waals surface area contributed by atoms with Crippen LogP contribution in [0, 0.1) is 17.8 Å². The molecular weight excluding hydrogens is 472 g/mol. The number of halogens is 1. The van der Waals surface area contributed by atoms with Crippen LogP contribution in [0.2, 0.25) is 5.02 Å². The third-order valence-electron chi connectivity index (χ3n) is 7.52. The van der Waals surface area contributed by atoms with Gasteiger partial charge in [0.15, 0.2) is 0 Å². The molecule has 0 saturated carbocycles. The largest absolute Gasteiger partial charge is 0.465 e. The summed E-state index contributed by atoms with van der Waals surface area (Å²) >= 11 is 6.45. The van der Waals surface area contributed by atoms with E-state index in [4.69, 9.17) is 21.1 Å². The van der Waals surface area contributed by atoms with Gasteiger partial charge in [-0.25, -0.2) is 0 Å². The van der Waals surface area contributed by atoms with Gasteiger partial charge in [-0.2, -0.15) is 0 Å². The number of esters is 1. The summed E-state index contributed by atoms with van der Waals surface area (Å²) in [5.74, 6) is -3.25. The number of para-hydroxylation sites is 1. The van der Waals surface area contributed by atoms with Crippen molar-refractivity contribution in [3.63, 3.8) is 0 Å². The lowest BCUT2D eigenvalue weighted by atomic mass is 9.77. The molecule has 35 heavy (non-hydrogen) atoms. The van der Waals surface area contributed by atoms with E-state index >= 15 is 0 Å². The molecule has 2 fully saturated rings. The minimum Gasteiger partial charge on any atom is -0.465 e. The zero-order valence-corrected chi connectivity index (χ0v) is 20.4. The molecule has 0 aliphatic carbocycles. The van der Waals surface area contributed by atoms with Gasteiger partial charge in [-0.1, -0.05) is 61.9 Å². The van der Waals surface area contributed by atoms with Gasteiger partial charge in [0, 0.05) is 6.54 Å². The number of carbonyl (C=O) groups excluding carboxylic acids is 3. The summed E-state index contributed by atoms with van der Waals surface area (Å²) in [5, 5.41) is 10.7. The van der Waals surface area contributed by atoms with E-state index < -0.39 is 41.6 Å². The topological polar surface area (TPSA) is 96.4 Å². The first-order chi connectivity index (χ1) is 16.8. The fourth-order valence-corrected chi connectivity index (χ4v) is 6.15. The van der Waals surface area contributed by atoms with Crippen LogP contribution in [-0.4, -0.2) is 71.3 Å². The van der Waals surface area contributed by atoms with E-state index in [0.717, 1.165) is 0 Å². The van der Waals surface area contributed by atoms with Crippen molar-refractivity contribution in [2.45, 2.75) is 44.1 Å². The van der Waals surface area contributed by atoms with Crippen molar-refractivity contribution in [1.82, 2.24) is 4.90 Å². The first kappa shape index (κ1) is 24.0. The fraction of sp³-hybridized carbons (Fsp3) is 0.500. The summed E-state index contributed by atoms with van der Waals surface area (Å²) in [6.07, 6.45) is 7.08. The highest BCUT2D eigenvalue weighted by Gasteiger charge is 2.72. The second-order valence-electron chi connectivity index (χ2n) is 9.77. The Morgan fingerprint density at radius 2 is 1.94 bits per heavy atom. The van der Waals surface area contributed by atoms with Crippen molar-refractivity contribution in [3.8, 4) is 0 Å². The van der Waals surface area contributed by atoms with Crippen LogP contribution in [0.3, 0.4) is 0 Å². The molecule has 8 nitrogen and oxygen atoms in total. The number of benzene rings is 1. The smallest absolute Gasteiger partial charge is 0.312 e.